The summed E-state index contributed by atoms with van der Waals surface area (Å²) < 4.78 is 16.2. The lowest BCUT2D eigenvalue weighted by molar-refractivity contribution is 0.630. The first-order valence-corrected chi connectivity index (χ1v) is 7.24. The molecule has 0 atom stereocenters. The summed E-state index contributed by atoms with van der Waals surface area (Å²) in [7, 11) is 0. The Morgan fingerprint density at radius 3 is 2.27 bits per heavy atom. The highest BCUT2D eigenvalue weighted by Gasteiger charge is 2.11. The molecule has 0 amide bonds. The van der Waals surface area contributed by atoms with Gasteiger partial charge in [-0.1, -0.05) is 66.7 Å². The van der Waals surface area contributed by atoms with Crippen LogP contribution >= 0.6 is 0 Å². The van der Waals surface area contributed by atoms with Crippen molar-refractivity contribution in [3.63, 3.8) is 0 Å². The van der Waals surface area contributed by atoms with Gasteiger partial charge in [0.1, 0.15) is 5.82 Å². The minimum absolute atomic E-state index is 0.209. The third-order valence-electron chi connectivity index (χ3n) is 3.91. The minimum Gasteiger partial charge on any atom is -0.320 e. The fraction of sp³-hybridized carbons (Fsp3) is 0. The number of rotatable bonds is 2. The zero-order valence-electron chi connectivity index (χ0n) is 11.9. The highest BCUT2D eigenvalue weighted by atomic mass is 19.1. The molecule has 4 rings (SSSR count). The van der Waals surface area contributed by atoms with Crippen LogP contribution in [0.25, 0.3) is 27.6 Å². The number of nitrogens with zero attached hydrogens (tertiary/aromatic N) is 1. The summed E-state index contributed by atoms with van der Waals surface area (Å²) in [6.07, 6.45) is 3.40. The van der Waals surface area contributed by atoms with Crippen molar-refractivity contribution in [3.05, 3.63) is 91.0 Å². The van der Waals surface area contributed by atoms with Crippen LogP contribution in [0, 0.1) is 5.82 Å². The third kappa shape index (κ3) is 2.09. The molecule has 0 unspecified atom stereocenters. The van der Waals surface area contributed by atoms with E-state index in [2.05, 4.69) is 18.2 Å². The van der Waals surface area contributed by atoms with Gasteiger partial charge >= 0.3 is 0 Å². The van der Waals surface area contributed by atoms with Gasteiger partial charge in [-0.2, -0.15) is 0 Å². The topological polar surface area (TPSA) is 4.93 Å². The smallest absolute Gasteiger partial charge is 0.149 e. The Labute approximate surface area is 128 Å². The maximum Gasteiger partial charge on any atom is 0.149 e. The normalized spacial score (nSPS) is 11.0. The molecule has 1 aromatic heterocycles. The molecule has 0 saturated carbocycles. The number of hydrogen-bond donors (Lipinski definition) is 0. The summed E-state index contributed by atoms with van der Waals surface area (Å²) in [5.41, 5.74) is 2.49. The van der Waals surface area contributed by atoms with E-state index in [-0.39, 0.29) is 5.82 Å². The van der Waals surface area contributed by atoms with Crippen molar-refractivity contribution in [1.29, 1.82) is 0 Å². The first-order valence-electron chi connectivity index (χ1n) is 7.24. The second-order valence-corrected chi connectivity index (χ2v) is 5.29. The fourth-order valence-electron chi connectivity index (χ4n) is 2.83. The van der Waals surface area contributed by atoms with Crippen LogP contribution in [-0.4, -0.2) is 4.57 Å². The van der Waals surface area contributed by atoms with Gasteiger partial charge in [-0.05, 0) is 17.0 Å². The molecule has 1 heterocycles. The van der Waals surface area contributed by atoms with Gasteiger partial charge in [0.25, 0.3) is 0 Å². The molecular weight excluding hydrogens is 273 g/mol. The van der Waals surface area contributed by atoms with Crippen LogP contribution in [0.3, 0.4) is 0 Å². The predicted molar refractivity (Wildman–Crippen MR) is 88.7 cm³/mol. The van der Waals surface area contributed by atoms with Gasteiger partial charge in [0.15, 0.2) is 0 Å². The number of hydrogen-bond acceptors (Lipinski definition) is 0. The van der Waals surface area contributed by atoms with Crippen LogP contribution < -0.4 is 0 Å². The molecule has 4 aromatic rings. The van der Waals surface area contributed by atoms with Crippen LogP contribution in [0.4, 0.5) is 4.39 Å². The van der Waals surface area contributed by atoms with Gasteiger partial charge < -0.3 is 4.57 Å². The molecule has 2 heteroatoms. The Balaban J connectivity index is 1.90. The van der Waals surface area contributed by atoms with Crippen LogP contribution in [0.5, 0.6) is 0 Å². The second kappa shape index (κ2) is 5.15. The predicted octanol–water partition coefficient (Wildman–Crippen LogP) is 5.44. The van der Waals surface area contributed by atoms with Gasteiger partial charge in [0.2, 0.25) is 0 Å². The second-order valence-electron chi connectivity index (χ2n) is 5.29. The van der Waals surface area contributed by atoms with Crippen molar-refractivity contribution >= 4 is 10.8 Å². The number of benzene rings is 3. The molecule has 0 fully saturated rings. The lowest BCUT2D eigenvalue weighted by Crippen LogP contribution is -1.91. The minimum atomic E-state index is -0.209. The molecule has 0 aliphatic carbocycles. The number of aromatic nitrogens is 1. The molecule has 22 heavy (non-hydrogen) atoms. The Hall–Kier alpha value is -2.87. The van der Waals surface area contributed by atoms with E-state index in [1.54, 1.807) is 6.20 Å². The summed E-state index contributed by atoms with van der Waals surface area (Å²) >= 11 is 0. The fourth-order valence-corrected chi connectivity index (χ4v) is 2.83. The van der Waals surface area contributed by atoms with E-state index in [4.69, 9.17) is 0 Å². The first-order chi connectivity index (χ1) is 10.8. The van der Waals surface area contributed by atoms with E-state index in [0.717, 1.165) is 22.0 Å². The Morgan fingerprint density at radius 2 is 1.41 bits per heavy atom. The standard InChI is InChI=1S/C20H14FN/c21-19-14-22(13-18(19)16-7-2-1-3-8-16)20-12-6-10-15-9-4-5-11-17(15)20/h1-14H. The molecule has 0 bridgehead atoms. The molecule has 0 saturated heterocycles. The molecule has 0 N–H and O–H groups in total. The van der Waals surface area contributed by atoms with Crippen LogP contribution in [-0.2, 0) is 0 Å². The van der Waals surface area contributed by atoms with Crippen molar-refractivity contribution in [2.24, 2.45) is 0 Å². The van der Waals surface area contributed by atoms with Crippen LogP contribution in [0.1, 0.15) is 0 Å². The summed E-state index contributed by atoms with van der Waals surface area (Å²) in [5, 5.41) is 2.26. The maximum absolute atomic E-state index is 14.4. The van der Waals surface area contributed by atoms with Gasteiger partial charge in [-0.25, -0.2) is 4.39 Å². The molecule has 0 spiro atoms. The molecule has 106 valence electrons. The zero-order valence-corrected chi connectivity index (χ0v) is 11.9. The Morgan fingerprint density at radius 1 is 0.682 bits per heavy atom. The van der Waals surface area contributed by atoms with E-state index in [1.165, 1.54) is 0 Å². The quantitative estimate of drug-likeness (QED) is 0.463. The summed E-state index contributed by atoms with van der Waals surface area (Å²) in [5.74, 6) is -0.209. The van der Waals surface area contributed by atoms with Crippen molar-refractivity contribution in [3.8, 4) is 16.8 Å². The lowest BCUT2D eigenvalue weighted by Gasteiger charge is -2.07. The monoisotopic (exact) mass is 287 g/mol. The van der Waals surface area contributed by atoms with Crippen molar-refractivity contribution in [2.75, 3.05) is 0 Å². The van der Waals surface area contributed by atoms with Crippen molar-refractivity contribution < 1.29 is 4.39 Å². The highest BCUT2D eigenvalue weighted by molar-refractivity contribution is 5.90. The first kappa shape index (κ1) is 12.8. The largest absolute Gasteiger partial charge is 0.320 e. The van der Waals surface area contributed by atoms with Crippen molar-refractivity contribution in [1.82, 2.24) is 4.57 Å². The average molecular weight is 287 g/mol. The van der Waals surface area contributed by atoms with Crippen LogP contribution in [0.2, 0.25) is 0 Å². The molecule has 0 radical (unpaired) electrons. The van der Waals surface area contributed by atoms with E-state index < -0.39 is 0 Å². The molecule has 0 aliphatic rings. The SMILES string of the molecule is Fc1cn(-c2cccc3ccccc23)cc1-c1ccccc1. The molecule has 0 aliphatic heterocycles. The van der Waals surface area contributed by atoms with E-state index in [0.29, 0.717) is 5.56 Å². The summed E-state index contributed by atoms with van der Waals surface area (Å²) in [6, 6.07) is 23.8. The van der Waals surface area contributed by atoms with Crippen molar-refractivity contribution in [2.45, 2.75) is 0 Å². The Bertz CT molecular complexity index is 933. The van der Waals surface area contributed by atoms with E-state index in [1.807, 2.05) is 65.4 Å². The van der Waals surface area contributed by atoms with Crippen LogP contribution in [0.15, 0.2) is 85.2 Å². The zero-order chi connectivity index (χ0) is 14.9. The highest BCUT2D eigenvalue weighted by Crippen LogP contribution is 2.28. The van der Waals surface area contributed by atoms with Gasteiger partial charge in [-0.15, -0.1) is 0 Å². The number of fused-ring (bicyclic) bond motifs is 1. The molecule has 3 aromatic carbocycles. The Kier molecular flexibility index (Phi) is 3.01. The van der Waals surface area contributed by atoms with E-state index in [9.17, 15) is 4.39 Å². The lowest BCUT2D eigenvalue weighted by atomic mass is 10.1. The maximum atomic E-state index is 14.4. The van der Waals surface area contributed by atoms with Gasteiger partial charge in [-0.3, -0.25) is 0 Å². The molecule has 1 nitrogen and oxygen atoms in total. The summed E-state index contributed by atoms with van der Waals surface area (Å²) in [4.78, 5) is 0. The molecular formula is C20H14FN. The number of halogens is 1. The summed E-state index contributed by atoms with van der Waals surface area (Å²) in [6.45, 7) is 0. The van der Waals surface area contributed by atoms with E-state index >= 15 is 0 Å². The van der Waals surface area contributed by atoms with Gasteiger partial charge in [0, 0.05) is 23.3 Å². The van der Waals surface area contributed by atoms with Gasteiger partial charge in [0.05, 0.1) is 5.69 Å². The third-order valence-corrected chi connectivity index (χ3v) is 3.91. The average Bonchev–Trinajstić information content (AvgIpc) is 2.97.